The Labute approximate surface area is 139 Å². The van der Waals surface area contributed by atoms with E-state index in [9.17, 15) is 25.0 Å². The minimum atomic E-state index is -0.866. The molecule has 0 spiro atoms. The number of nitrogens with zero attached hydrogens (tertiary/aromatic N) is 4. The normalized spacial score (nSPS) is 10.6. The third kappa shape index (κ3) is 2.76. The maximum atomic E-state index is 12.6. The van der Waals surface area contributed by atoms with Crippen molar-refractivity contribution in [3.63, 3.8) is 0 Å². The largest absolute Gasteiger partial charge is 0.370 e. The fourth-order valence-electron chi connectivity index (χ4n) is 2.46. The van der Waals surface area contributed by atoms with Crippen molar-refractivity contribution in [2.45, 2.75) is 6.92 Å². The zero-order valence-corrected chi connectivity index (χ0v) is 12.9. The first-order valence-electron chi connectivity index (χ1n) is 7.07. The maximum Gasteiger partial charge on any atom is 0.370 e. The summed E-state index contributed by atoms with van der Waals surface area (Å²) in [6, 6.07) is 10.2. The van der Waals surface area contributed by atoms with Gasteiger partial charge in [-0.15, -0.1) is 0 Å². The first kappa shape index (κ1) is 16.1. The number of nitro groups is 2. The number of hydrogen-bond donors (Lipinski definition) is 1. The van der Waals surface area contributed by atoms with Crippen LogP contribution in [0.15, 0.2) is 47.3 Å². The molecule has 0 radical (unpaired) electrons. The standard InChI is InChI=1S/C15H11N5O5/c1-9-16-11-6-3-2-5-10(11)15(21)18(9)17-12-7-4-8-13(19(22)23)14(12)20(24)25/h2-8,17H,1H3. The molecular formula is C15H11N5O5. The minimum absolute atomic E-state index is 0.179. The number of anilines is 1. The SMILES string of the molecule is Cc1nc2ccccc2c(=O)n1Nc1cccc([N+](=O)[O-])c1[N+](=O)[O-]. The fourth-order valence-corrected chi connectivity index (χ4v) is 2.46. The van der Waals surface area contributed by atoms with Crippen LogP contribution in [0, 0.1) is 27.2 Å². The highest BCUT2D eigenvalue weighted by atomic mass is 16.6. The Morgan fingerprint density at radius 2 is 1.76 bits per heavy atom. The number of nitro benzene ring substituents is 2. The lowest BCUT2D eigenvalue weighted by atomic mass is 10.2. The van der Waals surface area contributed by atoms with Gasteiger partial charge in [0.15, 0.2) is 0 Å². The summed E-state index contributed by atoms with van der Waals surface area (Å²) in [5, 5.41) is 22.6. The van der Waals surface area contributed by atoms with Crippen LogP contribution in [0.4, 0.5) is 17.1 Å². The smallest absolute Gasteiger partial charge is 0.283 e. The van der Waals surface area contributed by atoms with E-state index in [1.54, 1.807) is 31.2 Å². The van der Waals surface area contributed by atoms with Crippen molar-refractivity contribution >= 4 is 28.0 Å². The number of aryl methyl sites for hydroxylation is 1. The molecule has 25 heavy (non-hydrogen) atoms. The predicted molar refractivity (Wildman–Crippen MR) is 89.5 cm³/mol. The number of para-hydroxylation sites is 2. The van der Waals surface area contributed by atoms with Gasteiger partial charge in [0, 0.05) is 6.07 Å². The van der Waals surface area contributed by atoms with Crippen LogP contribution in [0.5, 0.6) is 0 Å². The van der Waals surface area contributed by atoms with Crippen LogP contribution in [-0.4, -0.2) is 19.5 Å². The van der Waals surface area contributed by atoms with Crippen molar-refractivity contribution in [3.8, 4) is 0 Å². The van der Waals surface area contributed by atoms with Crippen LogP contribution in [0.1, 0.15) is 5.82 Å². The Morgan fingerprint density at radius 3 is 2.44 bits per heavy atom. The lowest BCUT2D eigenvalue weighted by Crippen LogP contribution is -2.29. The third-order valence-corrected chi connectivity index (χ3v) is 3.57. The number of rotatable bonds is 4. The highest BCUT2D eigenvalue weighted by molar-refractivity contribution is 5.78. The average Bonchev–Trinajstić information content (AvgIpc) is 2.58. The van der Waals surface area contributed by atoms with Crippen molar-refractivity contribution < 1.29 is 9.85 Å². The summed E-state index contributed by atoms with van der Waals surface area (Å²) in [5.41, 5.74) is 1.01. The number of fused-ring (bicyclic) bond motifs is 1. The molecule has 1 aromatic heterocycles. The molecule has 0 saturated heterocycles. The van der Waals surface area contributed by atoms with Crippen LogP contribution in [0.25, 0.3) is 10.9 Å². The van der Waals surface area contributed by atoms with Gasteiger partial charge in [0.1, 0.15) is 11.5 Å². The molecule has 0 aliphatic heterocycles. The second-order valence-electron chi connectivity index (χ2n) is 5.12. The van der Waals surface area contributed by atoms with Crippen LogP contribution >= 0.6 is 0 Å². The Hall–Kier alpha value is -3.82. The molecule has 0 amide bonds. The Morgan fingerprint density at radius 1 is 1.04 bits per heavy atom. The van der Waals surface area contributed by atoms with Gasteiger partial charge in [0.05, 0.1) is 20.7 Å². The zero-order chi connectivity index (χ0) is 18.1. The molecular weight excluding hydrogens is 330 g/mol. The molecule has 0 saturated carbocycles. The van der Waals surface area contributed by atoms with Crippen LogP contribution in [0.2, 0.25) is 0 Å². The van der Waals surface area contributed by atoms with E-state index in [4.69, 9.17) is 0 Å². The molecule has 1 heterocycles. The molecule has 0 aliphatic carbocycles. The molecule has 126 valence electrons. The van der Waals surface area contributed by atoms with Gasteiger partial charge in [0.2, 0.25) is 0 Å². The number of nitrogens with one attached hydrogen (secondary N) is 1. The summed E-state index contributed by atoms with van der Waals surface area (Å²) in [5.74, 6) is 0.254. The molecule has 10 heteroatoms. The number of benzene rings is 2. The molecule has 3 rings (SSSR count). The van der Waals surface area contributed by atoms with Gasteiger partial charge in [-0.25, -0.2) is 9.66 Å². The summed E-state index contributed by atoms with van der Waals surface area (Å²) < 4.78 is 1.02. The summed E-state index contributed by atoms with van der Waals surface area (Å²) in [6.07, 6.45) is 0. The highest BCUT2D eigenvalue weighted by Crippen LogP contribution is 2.34. The van der Waals surface area contributed by atoms with E-state index in [1.165, 1.54) is 12.1 Å². The van der Waals surface area contributed by atoms with Gasteiger partial charge in [-0.3, -0.25) is 30.4 Å². The average molecular weight is 341 g/mol. The van der Waals surface area contributed by atoms with E-state index in [2.05, 4.69) is 10.4 Å². The van der Waals surface area contributed by atoms with Gasteiger partial charge in [0.25, 0.3) is 5.56 Å². The van der Waals surface area contributed by atoms with Crippen LogP contribution < -0.4 is 11.0 Å². The lowest BCUT2D eigenvalue weighted by Gasteiger charge is -2.13. The topological polar surface area (TPSA) is 133 Å². The molecule has 10 nitrogen and oxygen atoms in total. The van der Waals surface area contributed by atoms with E-state index in [-0.39, 0.29) is 11.5 Å². The van der Waals surface area contributed by atoms with E-state index in [0.717, 1.165) is 10.7 Å². The van der Waals surface area contributed by atoms with E-state index >= 15 is 0 Å². The summed E-state index contributed by atoms with van der Waals surface area (Å²) >= 11 is 0. The van der Waals surface area contributed by atoms with E-state index in [0.29, 0.717) is 10.9 Å². The van der Waals surface area contributed by atoms with Crippen molar-refractivity contribution in [2.24, 2.45) is 0 Å². The minimum Gasteiger partial charge on any atom is -0.283 e. The first-order valence-corrected chi connectivity index (χ1v) is 7.07. The summed E-state index contributed by atoms with van der Waals surface area (Å²) in [7, 11) is 0. The zero-order valence-electron chi connectivity index (χ0n) is 12.9. The monoisotopic (exact) mass is 341 g/mol. The van der Waals surface area contributed by atoms with E-state index in [1.807, 2.05) is 0 Å². The van der Waals surface area contributed by atoms with Crippen LogP contribution in [0.3, 0.4) is 0 Å². The molecule has 0 bridgehead atoms. The molecule has 1 N–H and O–H groups in total. The summed E-state index contributed by atoms with van der Waals surface area (Å²) in [6.45, 7) is 1.55. The predicted octanol–water partition coefficient (Wildman–Crippen LogP) is 2.40. The van der Waals surface area contributed by atoms with Crippen LogP contribution in [-0.2, 0) is 0 Å². The Balaban J connectivity index is 2.20. The van der Waals surface area contributed by atoms with Gasteiger partial charge in [-0.2, -0.15) is 0 Å². The second-order valence-corrected chi connectivity index (χ2v) is 5.12. The molecule has 0 fully saturated rings. The Bertz CT molecular complexity index is 1080. The first-order chi connectivity index (χ1) is 11.9. The highest BCUT2D eigenvalue weighted by Gasteiger charge is 2.28. The fraction of sp³-hybridized carbons (Fsp3) is 0.0667. The molecule has 3 aromatic rings. The number of aromatic nitrogens is 2. The van der Waals surface area contributed by atoms with Crippen molar-refractivity contribution in [3.05, 3.63) is 78.9 Å². The number of hydrogen-bond acceptors (Lipinski definition) is 7. The van der Waals surface area contributed by atoms with Crippen molar-refractivity contribution in [1.29, 1.82) is 0 Å². The van der Waals surface area contributed by atoms with Crippen molar-refractivity contribution in [2.75, 3.05) is 5.43 Å². The second kappa shape index (κ2) is 6.00. The quantitative estimate of drug-likeness (QED) is 0.569. The third-order valence-electron chi connectivity index (χ3n) is 3.57. The maximum absolute atomic E-state index is 12.6. The van der Waals surface area contributed by atoms with E-state index < -0.39 is 26.8 Å². The van der Waals surface area contributed by atoms with Gasteiger partial charge >= 0.3 is 11.4 Å². The van der Waals surface area contributed by atoms with Gasteiger partial charge in [-0.1, -0.05) is 18.2 Å². The Kier molecular flexibility index (Phi) is 3.85. The summed E-state index contributed by atoms with van der Waals surface area (Å²) in [4.78, 5) is 37.5. The molecule has 0 aliphatic rings. The van der Waals surface area contributed by atoms with Gasteiger partial charge < -0.3 is 0 Å². The van der Waals surface area contributed by atoms with Crippen molar-refractivity contribution in [1.82, 2.24) is 9.66 Å². The molecule has 0 unspecified atom stereocenters. The molecule has 2 aromatic carbocycles. The lowest BCUT2D eigenvalue weighted by molar-refractivity contribution is -0.421. The van der Waals surface area contributed by atoms with Gasteiger partial charge in [-0.05, 0) is 25.1 Å². The molecule has 0 atom stereocenters.